The lowest BCUT2D eigenvalue weighted by Gasteiger charge is -2.12. The van der Waals surface area contributed by atoms with Crippen molar-refractivity contribution in [3.8, 4) is 5.69 Å². The molecule has 0 atom stereocenters. The van der Waals surface area contributed by atoms with Crippen molar-refractivity contribution in [3.05, 3.63) is 97.7 Å². The van der Waals surface area contributed by atoms with Gasteiger partial charge in [-0.15, -0.1) is 0 Å². The van der Waals surface area contributed by atoms with Crippen LogP contribution in [0.3, 0.4) is 0 Å². The summed E-state index contributed by atoms with van der Waals surface area (Å²) in [5.74, 6) is -0.400. The summed E-state index contributed by atoms with van der Waals surface area (Å²) in [5.41, 5.74) is 3.13. The predicted molar refractivity (Wildman–Crippen MR) is 120 cm³/mol. The smallest absolute Gasteiger partial charge is 0.293 e. The van der Waals surface area contributed by atoms with Crippen LogP contribution in [0.4, 0.5) is 10.5 Å². The fraction of sp³-hybridized carbons (Fsp3) is 0.0909. The maximum atomic E-state index is 12.8. The second kappa shape index (κ2) is 8.41. The number of aryl methyl sites for hydroxylation is 1. The second-order valence-electron chi connectivity index (χ2n) is 6.93. The number of halogens is 1. The molecule has 0 unspecified atom stereocenters. The zero-order chi connectivity index (χ0) is 22.1. The van der Waals surface area contributed by atoms with Gasteiger partial charge in [-0.1, -0.05) is 29.8 Å². The summed E-state index contributed by atoms with van der Waals surface area (Å²) in [4.78, 5) is 37.0. The molecule has 4 rings (SSSR count). The first-order valence-electron chi connectivity index (χ1n) is 9.26. The van der Waals surface area contributed by atoms with Crippen LogP contribution in [0.25, 0.3) is 11.8 Å². The molecule has 0 bridgehead atoms. The predicted octanol–water partition coefficient (Wildman–Crippen LogP) is 5.58. The van der Waals surface area contributed by atoms with Crippen LogP contribution in [-0.4, -0.2) is 25.5 Å². The minimum absolute atomic E-state index is 0.0465. The van der Waals surface area contributed by atoms with Gasteiger partial charge in [0.15, 0.2) is 0 Å². The lowest BCUT2D eigenvalue weighted by Crippen LogP contribution is -2.27. The summed E-state index contributed by atoms with van der Waals surface area (Å²) in [5, 5.41) is 11.0. The Balaban J connectivity index is 1.57. The largest absolute Gasteiger partial charge is 0.317 e. The van der Waals surface area contributed by atoms with E-state index in [1.54, 1.807) is 6.08 Å². The number of amides is 2. The minimum Gasteiger partial charge on any atom is -0.317 e. The van der Waals surface area contributed by atoms with Gasteiger partial charge in [-0.3, -0.25) is 24.6 Å². The summed E-state index contributed by atoms with van der Waals surface area (Å²) in [6, 6.07) is 15.2. The maximum Gasteiger partial charge on any atom is 0.293 e. The number of carbonyl (C=O) groups is 2. The number of rotatable bonds is 5. The zero-order valence-corrected chi connectivity index (χ0v) is 17.9. The Hall–Kier alpha value is -3.36. The van der Waals surface area contributed by atoms with Crippen LogP contribution in [0.5, 0.6) is 0 Å². The van der Waals surface area contributed by atoms with Gasteiger partial charge in [0, 0.05) is 34.7 Å². The van der Waals surface area contributed by atoms with Gasteiger partial charge in [0.25, 0.3) is 16.8 Å². The molecule has 0 radical (unpaired) electrons. The van der Waals surface area contributed by atoms with Crippen LogP contribution in [0, 0.1) is 17.0 Å². The van der Waals surface area contributed by atoms with E-state index >= 15 is 0 Å². The average molecular weight is 454 g/mol. The number of nitro groups is 1. The Kier molecular flexibility index (Phi) is 5.67. The lowest BCUT2D eigenvalue weighted by atomic mass is 10.2. The van der Waals surface area contributed by atoms with Crippen LogP contribution in [0.2, 0.25) is 5.02 Å². The van der Waals surface area contributed by atoms with Gasteiger partial charge in [-0.2, -0.15) is 0 Å². The molecular weight excluding hydrogens is 438 g/mol. The van der Waals surface area contributed by atoms with E-state index in [1.807, 2.05) is 48.0 Å². The van der Waals surface area contributed by atoms with Gasteiger partial charge < -0.3 is 4.57 Å². The molecular formula is C22H16ClN3O4S. The zero-order valence-electron chi connectivity index (χ0n) is 16.3. The molecule has 2 heterocycles. The van der Waals surface area contributed by atoms with Crippen molar-refractivity contribution in [1.82, 2.24) is 9.47 Å². The molecule has 0 N–H and O–H groups in total. The van der Waals surface area contributed by atoms with Gasteiger partial charge in [-0.05, 0) is 60.2 Å². The third-order valence-corrected chi connectivity index (χ3v) is 6.17. The molecule has 2 amide bonds. The highest BCUT2D eigenvalue weighted by Gasteiger charge is 2.35. The number of non-ortho nitro benzene ring substituents is 1. The van der Waals surface area contributed by atoms with E-state index in [1.165, 1.54) is 24.3 Å². The number of imide groups is 1. The number of carbonyl (C=O) groups excluding carboxylic acids is 2. The summed E-state index contributed by atoms with van der Waals surface area (Å²) in [6.45, 7) is 1.97. The summed E-state index contributed by atoms with van der Waals surface area (Å²) < 4.78 is 1.88. The molecule has 1 aliphatic heterocycles. The van der Waals surface area contributed by atoms with Gasteiger partial charge in [0.2, 0.25) is 0 Å². The minimum atomic E-state index is -0.497. The highest BCUT2D eigenvalue weighted by Crippen LogP contribution is 2.34. The van der Waals surface area contributed by atoms with E-state index in [-0.39, 0.29) is 17.5 Å². The van der Waals surface area contributed by atoms with E-state index < -0.39 is 10.8 Å². The highest BCUT2D eigenvalue weighted by atomic mass is 35.5. The molecule has 7 nitrogen and oxygen atoms in total. The van der Waals surface area contributed by atoms with Crippen molar-refractivity contribution in [1.29, 1.82) is 0 Å². The van der Waals surface area contributed by atoms with Crippen molar-refractivity contribution < 1.29 is 14.5 Å². The van der Waals surface area contributed by atoms with Gasteiger partial charge >= 0.3 is 0 Å². The Labute approximate surface area is 187 Å². The number of hydrogen-bond acceptors (Lipinski definition) is 5. The number of nitrogens with zero attached hydrogens (tertiary/aromatic N) is 3. The highest BCUT2D eigenvalue weighted by molar-refractivity contribution is 8.18. The van der Waals surface area contributed by atoms with E-state index in [0.717, 1.165) is 33.6 Å². The number of thioether (sulfide) groups is 1. The van der Waals surface area contributed by atoms with E-state index in [2.05, 4.69) is 0 Å². The van der Waals surface area contributed by atoms with Crippen molar-refractivity contribution in [2.75, 3.05) is 0 Å². The fourth-order valence-corrected chi connectivity index (χ4v) is 4.15. The first-order chi connectivity index (χ1) is 14.8. The Morgan fingerprint density at radius 3 is 2.55 bits per heavy atom. The topological polar surface area (TPSA) is 85.4 Å². The van der Waals surface area contributed by atoms with Gasteiger partial charge in [0.05, 0.1) is 16.4 Å². The molecule has 31 heavy (non-hydrogen) atoms. The van der Waals surface area contributed by atoms with Crippen molar-refractivity contribution >= 4 is 46.3 Å². The van der Waals surface area contributed by atoms with Crippen LogP contribution >= 0.6 is 23.4 Å². The quantitative estimate of drug-likeness (QED) is 0.286. The molecule has 1 saturated heterocycles. The first kappa shape index (κ1) is 20.9. The Morgan fingerprint density at radius 2 is 1.87 bits per heavy atom. The maximum absolute atomic E-state index is 12.8. The molecule has 1 fully saturated rings. The summed E-state index contributed by atoms with van der Waals surface area (Å²) >= 11 is 7.11. The monoisotopic (exact) mass is 453 g/mol. The first-order valence-corrected chi connectivity index (χ1v) is 10.5. The third-order valence-electron chi connectivity index (χ3n) is 4.85. The Bertz CT molecular complexity index is 1230. The molecule has 1 aromatic heterocycles. The van der Waals surface area contributed by atoms with Crippen molar-refractivity contribution in [2.24, 2.45) is 0 Å². The van der Waals surface area contributed by atoms with Crippen LogP contribution in [-0.2, 0) is 11.3 Å². The van der Waals surface area contributed by atoms with E-state index in [4.69, 9.17) is 11.6 Å². The third kappa shape index (κ3) is 4.26. The lowest BCUT2D eigenvalue weighted by molar-refractivity contribution is -0.384. The summed E-state index contributed by atoms with van der Waals surface area (Å²) in [6.07, 6.45) is 3.53. The SMILES string of the molecule is Cc1ccc(-n2cccc2/C=C2\SC(=O)N(Cc3ccc([N+](=O)[O-])cc3)C2=O)cc1Cl. The molecule has 0 spiro atoms. The molecule has 0 saturated carbocycles. The fourth-order valence-electron chi connectivity index (χ4n) is 3.15. The van der Waals surface area contributed by atoms with Crippen LogP contribution < -0.4 is 0 Å². The van der Waals surface area contributed by atoms with Crippen LogP contribution in [0.1, 0.15) is 16.8 Å². The van der Waals surface area contributed by atoms with E-state index in [0.29, 0.717) is 15.5 Å². The standard InChI is InChI=1S/C22H16ClN3O4S/c1-14-4-7-18(11-19(14)23)24-10-2-3-17(24)12-20-21(27)25(22(28)31-20)13-15-5-8-16(9-6-15)26(29)30/h2-12H,13H2,1H3/b20-12-. The van der Waals surface area contributed by atoms with Gasteiger partial charge in [0.1, 0.15) is 0 Å². The molecule has 0 aliphatic carbocycles. The molecule has 1 aliphatic rings. The molecule has 3 aromatic rings. The van der Waals surface area contributed by atoms with Crippen molar-refractivity contribution in [3.63, 3.8) is 0 Å². The molecule has 2 aromatic carbocycles. The number of benzene rings is 2. The van der Waals surface area contributed by atoms with E-state index in [9.17, 15) is 19.7 Å². The summed E-state index contributed by atoms with van der Waals surface area (Å²) in [7, 11) is 0. The van der Waals surface area contributed by atoms with Gasteiger partial charge in [-0.25, -0.2) is 0 Å². The number of aromatic nitrogens is 1. The molecule has 156 valence electrons. The number of nitro benzene ring substituents is 1. The average Bonchev–Trinajstić information content (AvgIpc) is 3.30. The van der Waals surface area contributed by atoms with Crippen molar-refractivity contribution in [2.45, 2.75) is 13.5 Å². The Morgan fingerprint density at radius 1 is 1.13 bits per heavy atom. The molecule has 9 heteroatoms. The second-order valence-corrected chi connectivity index (χ2v) is 8.33. The normalized spacial score (nSPS) is 15.2. The van der Waals surface area contributed by atoms with Crippen LogP contribution in [0.15, 0.2) is 65.7 Å². The number of hydrogen-bond donors (Lipinski definition) is 0.